The number of nitrogens with zero attached hydrogens (tertiary/aromatic N) is 4. The predicted molar refractivity (Wildman–Crippen MR) is 114 cm³/mol. The summed E-state index contributed by atoms with van der Waals surface area (Å²) in [6, 6.07) is 11.4. The van der Waals surface area contributed by atoms with Crippen LogP contribution in [0.5, 0.6) is 0 Å². The molecule has 1 aromatic carbocycles. The normalized spacial score (nSPS) is 16.1. The lowest BCUT2D eigenvalue weighted by atomic mass is 9.95. The molecule has 2 N–H and O–H groups in total. The summed E-state index contributed by atoms with van der Waals surface area (Å²) >= 11 is 0. The number of hydrogen-bond donors (Lipinski definition) is 2. The molecule has 152 valence electrons. The van der Waals surface area contributed by atoms with Crippen LogP contribution in [-0.4, -0.2) is 49.7 Å². The number of alkyl halides is 1. The molecule has 0 aliphatic carbocycles. The number of hydrogen-bond acceptors (Lipinski definition) is 5. The van der Waals surface area contributed by atoms with Crippen molar-refractivity contribution in [2.24, 2.45) is 0 Å². The lowest BCUT2D eigenvalue weighted by Gasteiger charge is -2.34. The molecular formula is C22H21FN6O. The zero-order valence-corrected chi connectivity index (χ0v) is 16.5. The summed E-state index contributed by atoms with van der Waals surface area (Å²) in [5.41, 5.74) is 0.699. The minimum atomic E-state index is -1.20. The third-order valence-corrected chi connectivity index (χ3v) is 5.66. The van der Waals surface area contributed by atoms with Crippen molar-refractivity contribution in [3.63, 3.8) is 0 Å². The van der Waals surface area contributed by atoms with Crippen molar-refractivity contribution in [2.75, 3.05) is 18.4 Å². The highest BCUT2D eigenvalue weighted by Gasteiger charge is 2.32. The molecule has 0 saturated carbocycles. The van der Waals surface area contributed by atoms with Gasteiger partial charge in [-0.1, -0.05) is 0 Å². The molecule has 4 aromatic rings. The second-order valence-corrected chi connectivity index (χ2v) is 7.90. The summed E-state index contributed by atoms with van der Waals surface area (Å²) in [5.74, 6) is 0.604. The van der Waals surface area contributed by atoms with E-state index < -0.39 is 5.67 Å². The molecule has 3 aromatic heterocycles. The maximum atomic E-state index is 14.1. The number of fused-ring (bicyclic) bond motifs is 2. The maximum absolute atomic E-state index is 14.1. The number of benzene rings is 1. The van der Waals surface area contributed by atoms with Gasteiger partial charge in [0.25, 0.3) is 5.91 Å². The van der Waals surface area contributed by atoms with Crippen LogP contribution in [0, 0.1) is 0 Å². The van der Waals surface area contributed by atoms with Gasteiger partial charge in [-0.15, -0.1) is 0 Å². The number of likely N-dealkylation sites (tertiary alicyclic amines) is 1. The number of carbonyl (C=O) groups excluding carboxylic acids is 1. The SMILES string of the molecule is CC1(F)CCN(C(=O)c2nccc3cc(Nc4[nH]nc5ncccc45)ccc23)CC1. The minimum absolute atomic E-state index is 0.151. The van der Waals surface area contributed by atoms with Gasteiger partial charge in [0.05, 0.1) is 5.39 Å². The molecule has 0 bridgehead atoms. The van der Waals surface area contributed by atoms with E-state index in [1.165, 1.54) is 0 Å². The first-order valence-electron chi connectivity index (χ1n) is 9.93. The highest BCUT2D eigenvalue weighted by molar-refractivity contribution is 6.06. The number of aromatic nitrogens is 4. The summed E-state index contributed by atoms with van der Waals surface area (Å²) in [5, 5.41) is 13.0. The predicted octanol–water partition coefficient (Wildman–Crippen LogP) is 4.21. The maximum Gasteiger partial charge on any atom is 0.273 e. The molecule has 0 spiro atoms. The summed E-state index contributed by atoms with van der Waals surface area (Å²) in [4.78, 5) is 23.3. The zero-order chi connectivity index (χ0) is 20.7. The fourth-order valence-electron chi connectivity index (χ4n) is 3.84. The second kappa shape index (κ2) is 7.05. The van der Waals surface area contributed by atoms with Gasteiger partial charge in [0.1, 0.15) is 17.2 Å². The van der Waals surface area contributed by atoms with E-state index in [2.05, 4.69) is 25.5 Å². The van der Waals surface area contributed by atoms with E-state index in [1.807, 2.05) is 36.4 Å². The van der Waals surface area contributed by atoms with E-state index in [4.69, 9.17) is 0 Å². The van der Waals surface area contributed by atoms with E-state index in [0.717, 1.165) is 27.7 Å². The Morgan fingerprint density at radius 1 is 1.13 bits per heavy atom. The Bertz CT molecular complexity index is 1240. The van der Waals surface area contributed by atoms with Crippen molar-refractivity contribution in [1.29, 1.82) is 0 Å². The lowest BCUT2D eigenvalue weighted by Crippen LogP contribution is -2.43. The zero-order valence-electron chi connectivity index (χ0n) is 16.5. The Hall–Kier alpha value is -3.55. The van der Waals surface area contributed by atoms with Gasteiger partial charge in [-0.25, -0.2) is 9.37 Å². The van der Waals surface area contributed by atoms with Crippen LogP contribution in [0.1, 0.15) is 30.3 Å². The van der Waals surface area contributed by atoms with Gasteiger partial charge < -0.3 is 10.2 Å². The molecule has 4 heterocycles. The van der Waals surface area contributed by atoms with Crippen molar-refractivity contribution in [1.82, 2.24) is 25.1 Å². The van der Waals surface area contributed by atoms with E-state index in [-0.39, 0.29) is 5.91 Å². The number of carbonyl (C=O) groups is 1. The van der Waals surface area contributed by atoms with Crippen LogP contribution in [0.25, 0.3) is 21.8 Å². The molecule has 1 aliphatic rings. The van der Waals surface area contributed by atoms with Gasteiger partial charge in [0, 0.05) is 36.6 Å². The number of nitrogens with one attached hydrogen (secondary N) is 2. The highest BCUT2D eigenvalue weighted by Crippen LogP contribution is 2.29. The minimum Gasteiger partial charge on any atom is -0.340 e. The topological polar surface area (TPSA) is 86.8 Å². The van der Waals surface area contributed by atoms with Crippen LogP contribution in [0.15, 0.2) is 48.8 Å². The fraction of sp³-hybridized carbons (Fsp3) is 0.273. The molecule has 1 amide bonds. The number of amides is 1. The van der Waals surface area contributed by atoms with Gasteiger partial charge in [-0.3, -0.25) is 14.9 Å². The van der Waals surface area contributed by atoms with E-state index in [0.29, 0.717) is 37.3 Å². The Morgan fingerprint density at radius 3 is 2.80 bits per heavy atom. The standard InChI is InChI=1S/C22H21FN6O/c1-22(23)7-11-29(12-8-22)21(30)18-16-5-4-15(13-14(16)6-10-24-18)26-20-17-3-2-9-25-19(17)27-28-20/h2-6,9-10,13H,7-8,11-12H2,1H3,(H2,25,26,27,28). The van der Waals surface area contributed by atoms with Crippen LogP contribution in [-0.2, 0) is 0 Å². The van der Waals surface area contributed by atoms with Crippen molar-refractivity contribution in [3.05, 3.63) is 54.5 Å². The summed E-state index contributed by atoms with van der Waals surface area (Å²) < 4.78 is 14.1. The van der Waals surface area contributed by atoms with Crippen LogP contribution in [0.3, 0.4) is 0 Å². The summed E-state index contributed by atoms with van der Waals surface area (Å²) in [6.45, 7) is 2.41. The first kappa shape index (κ1) is 18.5. The number of halogens is 1. The Balaban J connectivity index is 1.43. The Labute approximate surface area is 172 Å². The van der Waals surface area contributed by atoms with Gasteiger partial charge in [-0.2, -0.15) is 5.10 Å². The Kier molecular flexibility index (Phi) is 4.34. The molecule has 1 saturated heterocycles. The molecule has 0 radical (unpaired) electrons. The molecule has 8 heteroatoms. The molecule has 0 atom stereocenters. The number of piperidine rings is 1. The summed E-state index contributed by atoms with van der Waals surface area (Å²) in [6.07, 6.45) is 4.04. The number of pyridine rings is 2. The van der Waals surface area contributed by atoms with Gasteiger partial charge >= 0.3 is 0 Å². The first-order valence-corrected chi connectivity index (χ1v) is 9.93. The van der Waals surface area contributed by atoms with Gasteiger partial charge in [-0.05, 0) is 61.5 Å². The molecule has 30 heavy (non-hydrogen) atoms. The molecule has 5 rings (SSSR count). The average molecular weight is 404 g/mol. The fourth-order valence-corrected chi connectivity index (χ4v) is 3.84. The van der Waals surface area contributed by atoms with Crippen LogP contribution >= 0.6 is 0 Å². The third-order valence-electron chi connectivity index (χ3n) is 5.66. The molecule has 1 fully saturated rings. The number of aromatic amines is 1. The average Bonchev–Trinajstić information content (AvgIpc) is 3.15. The Morgan fingerprint density at radius 2 is 1.97 bits per heavy atom. The quantitative estimate of drug-likeness (QED) is 0.534. The summed E-state index contributed by atoms with van der Waals surface area (Å²) in [7, 11) is 0. The van der Waals surface area contributed by atoms with Crippen molar-refractivity contribution < 1.29 is 9.18 Å². The van der Waals surface area contributed by atoms with Crippen molar-refractivity contribution in [2.45, 2.75) is 25.4 Å². The van der Waals surface area contributed by atoms with Crippen LogP contribution in [0.2, 0.25) is 0 Å². The second-order valence-electron chi connectivity index (χ2n) is 7.90. The largest absolute Gasteiger partial charge is 0.340 e. The van der Waals surface area contributed by atoms with E-state index in [9.17, 15) is 9.18 Å². The van der Waals surface area contributed by atoms with E-state index in [1.54, 1.807) is 24.2 Å². The first-order chi connectivity index (χ1) is 14.5. The lowest BCUT2D eigenvalue weighted by molar-refractivity contribution is 0.0501. The van der Waals surface area contributed by atoms with Crippen molar-refractivity contribution >= 4 is 39.2 Å². The molecule has 0 unspecified atom stereocenters. The van der Waals surface area contributed by atoms with Crippen LogP contribution < -0.4 is 5.32 Å². The smallest absolute Gasteiger partial charge is 0.273 e. The number of H-pyrrole nitrogens is 1. The van der Waals surface area contributed by atoms with Gasteiger partial charge in [0.2, 0.25) is 0 Å². The number of anilines is 2. The third kappa shape index (κ3) is 3.34. The molecule has 7 nitrogen and oxygen atoms in total. The number of rotatable bonds is 3. The monoisotopic (exact) mass is 404 g/mol. The van der Waals surface area contributed by atoms with Gasteiger partial charge in [0.15, 0.2) is 5.65 Å². The van der Waals surface area contributed by atoms with E-state index >= 15 is 0 Å². The molecular weight excluding hydrogens is 383 g/mol. The van der Waals surface area contributed by atoms with Crippen molar-refractivity contribution in [3.8, 4) is 0 Å². The van der Waals surface area contributed by atoms with Crippen LogP contribution in [0.4, 0.5) is 15.9 Å². The highest BCUT2D eigenvalue weighted by atomic mass is 19.1. The molecule has 1 aliphatic heterocycles.